The molecule has 8 heteroatoms. The first-order valence-corrected chi connectivity index (χ1v) is 9.07. The summed E-state index contributed by atoms with van der Waals surface area (Å²) in [4.78, 5) is 0.137. The molecule has 0 spiro atoms. The third kappa shape index (κ3) is 3.13. The fourth-order valence-corrected chi connectivity index (χ4v) is 4.35. The van der Waals surface area contributed by atoms with Crippen molar-refractivity contribution in [2.24, 2.45) is 7.05 Å². The second kappa shape index (κ2) is 5.89. The van der Waals surface area contributed by atoms with Crippen molar-refractivity contribution in [3.8, 4) is 0 Å². The van der Waals surface area contributed by atoms with Crippen LogP contribution in [0.15, 0.2) is 41.6 Å². The van der Waals surface area contributed by atoms with Gasteiger partial charge in [0.05, 0.1) is 6.20 Å². The first kappa shape index (κ1) is 16.4. The van der Waals surface area contributed by atoms with E-state index in [0.717, 1.165) is 0 Å². The lowest BCUT2D eigenvalue weighted by Gasteiger charge is -2.35. The van der Waals surface area contributed by atoms with Crippen LogP contribution < -0.4 is 0 Å². The fraction of sp³-hybridized carbons (Fsp3) is 0.400. The predicted molar refractivity (Wildman–Crippen MR) is 85.4 cm³/mol. The molecule has 0 N–H and O–H groups in total. The molecule has 0 radical (unpaired) electrons. The van der Waals surface area contributed by atoms with Gasteiger partial charge in [-0.15, -0.1) is 0 Å². The van der Waals surface area contributed by atoms with E-state index in [1.807, 2.05) is 0 Å². The molecule has 1 aromatic carbocycles. The zero-order valence-corrected chi connectivity index (χ0v) is 14.2. The molecule has 1 fully saturated rings. The summed E-state index contributed by atoms with van der Waals surface area (Å²) in [5, 5.41) is 4.44. The highest BCUT2D eigenvalue weighted by molar-refractivity contribution is 7.89. The van der Waals surface area contributed by atoms with E-state index in [-0.39, 0.29) is 30.8 Å². The van der Waals surface area contributed by atoms with Crippen LogP contribution in [0.4, 0.5) is 4.39 Å². The summed E-state index contributed by atoms with van der Waals surface area (Å²) in [5.74, 6) is 0. The monoisotopic (exact) mass is 357 g/mol. The molecule has 1 aliphatic rings. The number of rotatable bonds is 3. The number of nitrogens with zero attached hydrogens (tertiary/aromatic N) is 3. The van der Waals surface area contributed by atoms with Crippen LogP contribution in [-0.4, -0.2) is 35.6 Å². The smallest absolute Gasteiger partial charge is 0.246 e. The number of piperidine rings is 1. The quantitative estimate of drug-likeness (QED) is 0.848. The van der Waals surface area contributed by atoms with E-state index in [1.54, 1.807) is 31.3 Å². The molecule has 2 heterocycles. The Kier molecular flexibility index (Phi) is 4.20. The Bertz CT molecular complexity index is 796. The summed E-state index contributed by atoms with van der Waals surface area (Å²) in [6.07, 6.45) is 3.00. The van der Waals surface area contributed by atoms with Crippen LogP contribution in [0, 0.1) is 0 Å². The fourth-order valence-electron chi connectivity index (χ4n) is 2.80. The lowest BCUT2D eigenvalue weighted by molar-refractivity contribution is 0.0870. The minimum absolute atomic E-state index is 0.119. The topological polar surface area (TPSA) is 55.2 Å². The lowest BCUT2D eigenvalue weighted by Crippen LogP contribution is -2.43. The van der Waals surface area contributed by atoms with Gasteiger partial charge < -0.3 is 0 Å². The Morgan fingerprint density at radius 1 is 1.22 bits per heavy atom. The van der Waals surface area contributed by atoms with Crippen molar-refractivity contribution in [1.82, 2.24) is 14.1 Å². The van der Waals surface area contributed by atoms with Crippen LogP contribution in [0.5, 0.6) is 0 Å². The molecule has 1 aromatic heterocycles. The second-order valence-corrected chi connectivity index (χ2v) is 8.10. The average Bonchev–Trinajstić information content (AvgIpc) is 2.96. The molecule has 5 nitrogen and oxygen atoms in total. The average molecular weight is 358 g/mol. The number of aromatic nitrogens is 2. The van der Waals surface area contributed by atoms with Crippen LogP contribution >= 0.6 is 11.6 Å². The molecule has 3 rings (SSSR count). The van der Waals surface area contributed by atoms with E-state index in [2.05, 4.69) is 5.10 Å². The van der Waals surface area contributed by atoms with Gasteiger partial charge in [-0.25, -0.2) is 12.8 Å². The van der Waals surface area contributed by atoms with Gasteiger partial charge in [0.15, 0.2) is 0 Å². The molecule has 0 aliphatic carbocycles. The zero-order chi connectivity index (χ0) is 16.7. The first-order chi connectivity index (χ1) is 10.8. The van der Waals surface area contributed by atoms with E-state index >= 15 is 4.39 Å². The molecular weight excluding hydrogens is 341 g/mol. The molecule has 0 unspecified atom stereocenters. The van der Waals surface area contributed by atoms with Crippen LogP contribution in [-0.2, 0) is 22.7 Å². The number of alkyl halides is 1. The Hall–Kier alpha value is -1.44. The summed E-state index contributed by atoms with van der Waals surface area (Å²) in [6, 6.07) is 6.62. The van der Waals surface area contributed by atoms with Gasteiger partial charge in [0.25, 0.3) is 0 Å². The number of hydrogen-bond acceptors (Lipinski definition) is 3. The van der Waals surface area contributed by atoms with Crippen molar-refractivity contribution < 1.29 is 12.8 Å². The molecule has 0 amide bonds. The zero-order valence-electron chi connectivity index (χ0n) is 12.6. The third-order valence-electron chi connectivity index (χ3n) is 4.20. The largest absolute Gasteiger partial charge is 0.274 e. The standard InChI is InChI=1S/C15H17ClFN3O2S/c1-19-11-14(10-18-19)23(21,22)20-8-6-15(17,7-9-20)12-2-4-13(16)5-3-12/h2-5,10-11H,6-9H2,1H3. The Morgan fingerprint density at radius 3 is 2.35 bits per heavy atom. The maximum Gasteiger partial charge on any atom is 0.246 e. The van der Waals surface area contributed by atoms with E-state index in [4.69, 9.17) is 11.6 Å². The summed E-state index contributed by atoms with van der Waals surface area (Å²) >= 11 is 5.83. The highest BCUT2D eigenvalue weighted by Gasteiger charge is 2.40. The van der Waals surface area contributed by atoms with Gasteiger partial charge in [0.1, 0.15) is 10.6 Å². The van der Waals surface area contributed by atoms with Crippen molar-refractivity contribution in [3.63, 3.8) is 0 Å². The van der Waals surface area contributed by atoms with Crippen molar-refractivity contribution in [1.29, 1.82) is 0 Å². The Morgan fingerprint density at radius 2 is 1.83 bits per heavy atom. The van der Waals surface area contributed by atoms with E-state index in [1.165, 1.54) is 21.4 Å². The van der Waals surface area contributed by atoms with Crippen molar-refractivity contribution in [2.75, 3.05) is 13.1 Å². The second-order valence-electron chi connectivity index (χ2n) is 5.73. The molecule has 23 heavy (non-hydrogen) atoms. The normalized spacial score (nSPS) is 18.9. The highest BCUT2D eigenvalue weighted by Crippen LogP contribution is 2.38. The van der Waals surface area contributed by atoms with E-state index in [9.17, 15) is 8.42 Å². The predicted octanol–water partition coefficient (Wildman–Crippen LogP) is 2.72. The van der Waals surface area contributed by atoms with Gasteiger partial charge in [0, 0.05) is 31.4 Å². The van der Waals surface area contributed by atoms with E-state index in [0.29, 0.717) is 10.6 Å². The van der Waals surface area contributed by atoms with Gasteiger partial charge in [-0.2, -0.15) is 9.40 Å². The number of benzene rings is 1. The van der Waals surface area contributed by atoms with Crippen molar-refractivity contribution >= 4 is 21.6 Å². The summed E-state index contributed by atoms with van der Waals surface area (Å²) in [5.41, 5.74) is -0.980. The number of aryl methyl sites for hydroxylation is 1. The summed E-state index contributed by atoms with van der Waals surface area (Å²) in [6.45, 7) is 0.271. The summed E-state index contributed by atoms with van der Waals surface area (Å²) in [7, 11) is -1.96. The molecular formula is C15H17ClFN3O2S. The molecule has 0 atom stereocenters. The van der Waals surface area contributed by atoms with Gasteiger partial charge in [-0.3, -0.25) is 4.68 Å². The summed E-state index contributed by atoms with van der Waals surface area (Å²) < 4.78 is 42.9. The Labute approximate surface area is 139 Å². The number of sulfonamides is 1. The van der Waals surface area contributed by atoms with Crippen LogP contribution in [0.25, 0.3) is 0 Å². The van der Waals surface area contributed by atoms with Gasteiger partial charge >= 0.3 is 0 Å². The van der Waals surface area contributed by atoms with Crippen LogP contribution in [0.1, 0.15) is 18.4 Å². The number of hydrogen-bond donors (Lipinski definition) is 0. The molecule has 1 saturated heterocycles. The van der Waals surface area contributed by atoms with Gasteiger partial charge in [-0.05, 0) is 30.5 Å². The minimum Gasteiger partial charge on any atom is -0.274 e. The van der Waals surface area contributed by atoms with E-state index < -0.39 is 15.7 Å². The lowest BCUT2D eigenvalue weighted by atomic mass is 9.87. The Balaban J connectivity index is 1.76. The molecule has 0 bridgehead atoms. The first-order valence-electron chi connectivity index (χ1n) is 7.25. The molecule has 2 aromatic rings. The SMILES string of the molecule is Cn1cc(S(=O)(=O)N2CCC(F)(c3ccc(Cl)cc3)CC2)cn1. The molecule has 1 aliphatic heterocycles. The van der Waals surface area contributed by atoms with Crippen LogP contribution in [0.2, 0.25) is 5.02 Å². The molecule has 124 valence electrons. The maximum absolute atomic E-state index is 15.1. The van der Waals surface area contributed by atoms with Gasteiger partial charge in [0.2, 0.25) is 10.0 Å². The minimum atomic E-state index is -3.62. The highest BCUT2D eigenvalue weighted by atomic mass is 35.5. The van der Waals surface area contributed by atoms with Gasteiger partial charge in [-0.1, -0.05) is 23.7 Å². The van der Waals surface area contributed by atoms with Crippen LogP contribution in [0.3, 0.4) is 0 Å². The molecule has 0 saturated carbocycles. The van der Waals surface area contributed by atoms with Crippen molar-refractivity contribution in [3.05, 3.63) is 47.2 Å². The third-order valence-corrected chi connectivity index (χ3v) is 6.30. The maximum atomic E-state index is 15.1. The number of halogens is 2. The van der Waals surface area contributed by atoms with Crippen molar-refractivity contribution in [2.45, 2.75) is 23.4 Å².